The summed E-state index contributed by atoms with van der Waals surface area (Å²) in [6.07, 6.45) is 0. The second-order valence-electron chi connectivity index (χ2n) is 4.32. The molecule has 2 N–H and O–H groups in total. The molecule has 0 atom stereocenters. The molecule has 0 saturated heterocycles. The Kier molecular flexibility index (Phi) is 3.89. The van der Waals surface area contributed by atoms with Gasteiger partial charge < -0.3 is 15.2 Å². The van der Waals surface area contributed by atoms with E-state index in [9.17, 15) is 9.18 Å². The Morgan fingerprint density at radius 3 is 2.60 bits per heavy atom. The average Bonchev–Trinajstić information content (AvgIpc) is 2.41. The Morgan fingerprint density at radius 1 is 1.20 bits per heavy atom. The van der Waals surface area contributed by atoms with Gasteiger partial charge in [0.15, 0.2) is 0 Å². The number of hydrogen-bond donors (Lipinski definition) is 2. The van der Waals surface area contributed by atoms with Crippen molar-refractivity contribution in [3.8, 4) is 5.75 Å². The summed E-state index contributed by atoms with van der Waals surface area (Å²) >= 11 is 0. The fourth-order valence-electron chi connectivity index (χ4n) is 1.82. The van der Waals surface area contributed by atoms with Crippen LogP contribution in [0.3, 0.4) is 0 Å². The van der Waals surface area contributed by atoms with E-state index in [4.69, 9.17) is 9.84 Å². The van der Waals surface area contributed by atoms with Crippen LogP contribution in [0.25, 0.3) is 0 Å². The molecule has 2 aromatic carbocycles. The topological polar surface area (TPSA) is 58.6 Å². The predicted molar refractivity (Wildman–Crippen MR) is 74.4 cm³/mol. The SMILES string of the molecule is COc1ccc(F)c(Nc2cc(C)ccc2C(=O)O)c1. The quantitative estimate of drug-likeness (QED) is 0.895. The lowest BCUT2D eigenvalue weighted by Crippen LogP contribution is -2.04. The zero-order chi connectivity index (χ0) is 14.7. The first-order chi connectivity index (χ1) is 9.51. The summed E-state index contributed by atoms with van der Waals surface area (Å²) in [4.78, 5) is 11.2. The Hall–Kier alpha value is -2.56. The van der Waals surface area contributed by atoms with Gasteiger partial charge in [-0.15, -0.1) is 0 Å². The molecule has 4 nitrogen and oxygen atoms in total. The van der Waals surface area contributed by atoms with Crippen LogP contribution >= 0.6 is 0 Å². The zero-order valence-electron chi connectivity index (χ0n) is 11.1. The molecule has 0 aromatic heterocycles. The van der Waals surface area contributed by atoms with Crippen LogP contribution in [0.2, 0.25) is 0 Å². The molecule has 20 heavy (non-hydrogen) atoms. The van der Waals surface area contributed by atoms with Gasteiger partial charge in [0.1, 0.15) is 11.6 Å². The lowest BCUT2D eigenvalue weighted by Gasteiger charge is -2.12. The number of hydrogen-bond acceptors (Lipinski definition) is 3. The maximum Gasteiger partial charge on any atom is 0.337 e. The second-order valence-corrected chi connectivity index (χ2v) is 4.32. The van der Waals surface area contributed by atoms with E-state index in [1.807, 2.05) is 6.92 Å². The first-order valence-corrected chi connectivity index (χ1v) is 5.96. The summed E-state index contributed by atoms with van der Waals surface area (Å²) in [5.41, 5.74) is 1.46. The lowest BCUT2D eigenvalue weighted by atomic mass is 10.1. The molecule has 0 amide bonds. The number of rotatable bonds is 4. The average molecular weight is 275 g/mol. The van der Waals surface area contributed by atoms with Crippen molar-refractivity contribution in [3.63, 3.8) is 0 Å². The minimum absolute atomic E-state index is 0.0813. The van der Waals surface area contributed by atoms with E-state index in [1.165, 1.54) is 31.4 Å². The number of benzene rings is 2. The number of carboxylic acid groups (broad SMARTS) is 1. The zero-order valence-corrected chi connectivity index (χ0v) is 11.1. The van der Waals surface area contributed by atoms with Gasteiger partial charge in [0.25, 0.3) is 0 Å². The number of aromatic carboxylic acids is 1. The highest BCUT2D eigenvalue weighted by Crippen LogP contribution is 2.27. The predicted octanol–water partition coefficient (Wildman–Crippen LogP) is 3.58. The maximum atomic E-state index is 13.8. The molecule has 0 saturated carbocycles. The smallest absolute Gasteiger partial charge is 0.337 e. The monoisotopic (exact) mass is 275 g/mol. The number of anilines is 2. The van der Waals surface area contributed by atoms with Crippen molar-refractivity contribution in [3.05, 3.63) is 53.3 Å². The fraction of sp³-hybridized carbons (Fsp3) is 0.133. The van der Waals surface area contributed by atoms with Crippen LogP contribution in [0.4, 0.5) is 15.8 Å². The summed E-state index contributed by atoms with van der Waals surface area (Å²) < 4.78 is 18.8. The van der Waals surface area contributed by atoms with Crippen molar-refractivity contribution < 1.29 is 19.0 Å². The number of nitrogens with one attached hydrogen (secondary N) is 1. The third kappa shape index (κ3) is 2.88. The van der Waals surface area contributed by atoms with E-state index >= 15 is 0 Å². The molecule has 0 aliphatic heterocycles. The molecule has 2 rings (SSSR count). The largest absolute Gasteiger partial charge is 0.497 e. The summed E-state index contributed by atoms with van der Waals surface area (Å²) in [7, 11) is 1.48. The van der Waals surface area contributed by atoms with E-state index in [1.54, 1.807) is 12.1 Å². The van der Waals surface area contributed by atoms with Gasteiger partial charge in [-0.3, -0.25) is 0 Å². The normalized spacial score (nSPS) is 10.2. The van der Waals surface area contributed by atoms with Crippen LogP contribution < -0.4 is 10.1 Å². The van der Waals surface area contributed by atoms with E-state index in [-0.39, 0.29) is 11.3 Å². The Morgan fingerprint density at radius 2 is 1.95 bits per heavy atom. The van der Waals surface area contributed by atoms with Crippen molar-refractivity contribution in [1.29, 1.82) is 0 Å². The van der Waals surface area contributed by atoms with Crippen LogP contribution in [-0.2, 0) is 0 Å². The van der Waals surface area contributed by atoms with Crippen LogP contribution in [0.1, 0.15) is 15.9 Å². The van der Waals surface area contributed by atoms with Crippen molar-refractivity contribution in [2.45, 2.75) is 6.92 Å². The van der Waals surface area contributed by atoms with Gasteiger partial charge in [0.2, 0.25) is 0 Å². The molecule has 0 bridgehead atoms. The number of carbonyl (C=O) groups is 1. The highest BCUT2D eigenvalue weighted by atomic mass is 19.1. The molecule has 5 heteroatoms. The molecular formula is C15H14FNO3. The van der Waals surface area contributed by atoms with Crippen LogP contribution in [0.15, 0.2) is 36.4 Å². The van der Waals surface area contributed by atoms with Gasteiger partial charge in [-0.05, 0) is 36.8 Å². The van der Waals surface area contributed by atoms with Gasteiger partial charge in [0, 0.05) is 6.07 Å². The minimum Gasteiger partial charge on any atom is -0.497 e. The highest BCUT2D eigenvalue weighted by Gasteiger charge is 2.12. The molecule has 0 aliphatic carbocycles. The van der Waals surface area contributed by atoms with Crippen LogP contribution in [0, 0.1) is 12.7 Å². The molecule has 0 spiro atoms. The highest BCUT2D eigenvalue weighted by molar-refractivity contribution is 5.95. The fourth-order valence-corrected chi connectivity index (χ4v) is 1.82. The maximum absolute atomic E-state index is 13.8. The molecule has 0 aliphatic rings. The summed E-state index contributed by atoms with van der Waals surface area (Å²) in [5, 5.41) is 11.9. The van der Waals surface area contributed by atoms with E-state index in [2.05, 4.69) is 5.32 Å². The first kappa shape index (κ1) is 13.9. The summed E-state index contributed by atoms with van der Waals surface area (Å²) in [6.45, 7) is 1.83. The van der Waals surface area contributed by atoms with Gasteiger partial charge in [-0.1, -0.05) is 6.07 Å². The molecule has 0 radical (unpaired) electrons. The minimum atomic E-state index is -1.07. The van der Waals surface area contributed by atoms with Crippen molar-refractivity contribution in [2.24, 2.45) is 0 Å². The van der Waals surface area contributed by atoms with Gasteiger partial charge in [-0.25, -0.2) is 9.18 Å². The van der Waals surface area contributed by atoms with E-state index < -0.39 is 11.8 Å². The van der Waals surface area contributed by atoms with Crippen molar-refractivity contribution in [2.75, 3.05) is 12.4 Å². The number of aryl methyl sites for hydroxylation is 1. The second kappa shape index (κ2) is 5.61. The van der Waals surface area contributed by atoms with Gasteiger partial charge in [-0.2, -0.15) is 0 Å². The third-order valence-corrected chi connectivity index (χ3v) is 2.85. The lowest BCUT2D eigenvalue weighted by molar-refractivity contribution is 0.0698. The Labute approximate surface area is 115 Å². The van der Waals surface area contributed by atoms with E-state index in [0.29, 0.717) is 11.4 Å². The van der Waals surface area contributed by atoms with Gasteiger partial charge >= 0.3 is 5.97 Å². The summed E-state index contributed by atoms with van der Waals surface area (Å²) in [6, 6.07) is 9.06. The van der Waals surface area contributed by atoms with Crippen molar-refractivity contribution >= 4 is 17.3 Å². The molecule has 104 valence electrons. The molecule has 0 fully saturated rings. The van der Waals surface area contributed by atoms with E-state index in [0.717, 1.165) is 5.56 Å². The molecule has 0 heterocycles. The Bertz CT molecular complexity index is 656. The third-order valence-electron chi connectivity index (χ3n) is 2.85. The molecule has 0 unspecified atom stereocenters. The number of carboxylic acids is 1. The molecular weight excluding hydrogens is 261 g/mol. The number of halogens is 1. The number of ether oxygens (including phenoxy) is 1. The van der Waals surface area contributed by atoms with Crippen molar-refractivity contribution in [1.82, 2.24) is 0 Å². The summed E-state index contributed by atoms with van der Waals surface area (Å²) in [5.74, 6) is -1.07. The standard InChI is InChI=1S/C15H14FNO3/c1-9-3-5-11(15(18)19)13(7-9)17-14-8-10(20-2)4-6-12(14)16/h3-8,17H,1-2H3,(H,18,19). The van der Waals surface area contributed by atoms with Crippen LogP contribution in [0.5, 0.6) is 5.75 Å². The van der Waals surface area contributed by atoms with Gasteiger partial charge in [0.05, 0.1) is 24.0 Å². The Balaban J connectivity index is 2.43. The number of methoxy groups -OCH3 is 1. The van der Waals surface area contributed by atoms with Crippen LogP contribution in [-0.4, -0.2) is 18.2 Å². The first-order valence-electron chi connectivity index (χ1n) is 5.96. The molecule has 2 aromatic rings.